The second-order valence-corrected chi connectivity index (χ2v) is 5.79. The molecule has 0 aliphatic rings. The van der Waals surface area contributed by atoms with Crippen LogP contribution in [-0.4, -0.2) is 0 Å². The molecule has 2 rings (SSSR count). The Labute approximate surface area is 113 Å². The number of hydrogen-bond donors (Lipinski definition) is 1. The lowest BCUT2D eigenvalue weighted by Crippen LogP contribution is -1.98. The van der Waals surface area contributed by atoms with Crippen molar-refractivity contribution in [3.8, 4) is 0 Å². The SMILES string of the molecule is Cc1ccc(NCc2sccc2Br)c(Cl)c1. The molecule has 0 radical (unpaired) electrons. The van der Waals surface area contributed by atoms with E-state index in [1.807, 2.05) is 19.1 Å². The van der Waals surface area contributed by atoms with Crippen LogP contribution in [0.1, 0.15) is 10.4 Å². The first-order valence-electron chi connectivity index (χ1n) is 4.88. The maximum atomic E-state index is 6.14. The second kappa shape index (κ2) is 5.21. The summed E-state index contributed by atoms with van der Waals surface area (Å²) in [7, 11) is 0. The van der Waals surface area contributed by atoms with E-state index in [0.29, 0.717) is 0 Å². The van der Waals surface area contributed by atoms with Gasteiger partial charge in [-0.3, -0.25) is 0 Å². The molecule has 16 heavy (non-hydrogen) atoms. The molecular weight excluding hydrogens is 306 g/mol. The molecule has 1 heterocycles. The van der Waals surface area contributed by atoms with Gasteiger partial charge in [-0.1, -0.05) is 17.7 Å². The maximum absolute atomic E-state index is 6.14. The molecule has 0 saturated carbocycles. The molecule has 0 amide bonds. The highest BCUT2D eigenvalue weighted by Gasteiger charge is 2.03. The third-order valence-corrected chi connectivity index (χ3v) is 4.49. The molecular formula is C12H11BrClNS. The molecule has 0 saturated heterocycles. The van der Waals surface area contributed by atoms with Crippen molar-refractivity contribution in [3.05, 3.63) is 49.6 Å². The average molecular weight is 317 g/mol. The number of thiophene rings is 1. The summed E-state index contributed by atoms with van der Waals surface area (Å²) in [6.07, 6.45) is 0. The number of hydrogen-bond acceptors (Lipinski definition) is 2. The summed E-state index contributed by atoms with van der Waals surface area (Å²) in [6.45, 7) is 2.83. The number of benzene rings is 1. The highest BCUT2D eigenvalue weighted by Crippen LogP contribution is 2.26. The molecule has 2 aromatic rings. The van der Waals surface area contributed by atoms with Gasteiger partial charge in [-0.2, -0.15) is 0 Å². The van der Waals surface area contributed by atoms with E-state index in [1.165, 1.54) is 10.4 Å². The Balaban J connectivity index is 2.08. The average Bonchev–Trinajstić information content (AvgIpc) is 2.63. The Morgan fingerprint density at radius 2 is 2.19 bits per heavy atom. The van der Waals surface area contributed by atoms with Gasteiger partial charge < -0.3 is 5.32 Å². The fourth-order valence-corrected chi connectivity index (χ4v) is 3.12. The van der Waals surface area contributed by atoms with E-state index in [9.17, 15) is 0 Å². The van der Waals surface area contributed by atoms with Crippen molar-refractivity contribution >= 4 is 44.6 Å². The minimum atomic E-state index is 0.771. The molecule has 0 fully saturated rings. The zero-order valence-corrected chi connectivity index (χ0v) is 11.9. The number of anilines is 1. The predicted octanol–water partition coefficient (Wildman–Crippen LogP) is 5.08. The molecule has 0 aliphatic carbocycles. The molecule has 0 aliphatic heterocycles. The summed E-state index contributed by atoms with van der Waals surface area (Å²) in [4.78, 5) is 1.27. The van der Waals surface area contributed by atoms with E-state index in [1.54, 1.807) is 11.3 Å². The quantitative estimate of drug-likeness (QED) is 0.832. The Bertz CT molecular complexity index is 496. The molecule has 1 aromatic carbocycles. The molecule has 0 bridgehead atoms. The molecule has 84 valence electrons. The van der Waals surface area contributed by atoms with E-state index < -0.39 is 0 Å². The second-order valence-electron chi connectivity index (χ2n) is 3.53. The van der Waals surface area contributed by atoms with Crippen molar-refractivity contribution in [1.29, 1.82) is 0 Å². The minimum Gasteiger partial charge on any atom is -0.379 e. The van der Waals surface area contributed by atoms with Crippen LogP contribution in [0, 0.1) is 6.92 Å². The van der Waals surface area contributed by atoms with Crippen molar-refractivity contribution in [1.82, 2.24) is 0 Å². The highest BCUT2D eigenvalue weighted by atomic mass is 79.9. The van der Waals surface area contributed by atoms with Crippen LogP contribution in [0.25, 0.3) is 0 Å². The summed E-state index contributed by atoms with van der Waals surface area (Å²) in [5.41, 5.74) is 2.15. The predicted molar refractivity (Wildman–Crippen MR) is 75.5 cm³/mol. The summed E-state index contributed by atoms with van der Waals surface area (Å²) in [6, 6.07) is 8.09. The Hall–Kier alpha value is -0.510. The van der Waals surface area contributed by atoms with Crippen molar-refractivity contribution in [2.24, 2.45) is 0 Å². The summed E-state index contributed by atoms with van der Waals surface area (Å²) in [5.74, 6) is 0. The third kappa shape index (κ3) is 2.78. The van der Waals surface area contributed by atoms with Gasteiger partial charge >= 0.3 is 0 Å². The number of rotatable bonds is 3. The first kappa shape index (κ1) is 12.0. The van der Waals surface area contributed by atoms with Crippen LogP contribution in [0.4, 0.5) is 5.69 Å². The van der Waals surface area contributed by atoms with Gasteiger partial charge in [-0.05, 0) is 52.0 Å². The molecule has 1 N–H and O–H groups in total. The fourth-order valence-electron chi connectivity index (χ4n) is 1.39. The van der Waals surface area contributed by atoms with E-state index in [-0.39, 0.29) is 0 Å². The smallest absolute Gasteiger partial charge is 0.0640 e. The van der Waals surface area contributed by atoms with Gasteiger partial charge in [-0.25, -0.2) is 0 Å². The van der Waals surface area contributed by atoms with E-state index in [0.717, 1.165) is 21.7 Å². The maximum Gasteiger partial charge on any atom is 0.0640 e. The van der Waals surface area contributed by atoms with Crippen LogP contribution in [0.5, 0.6) is 0 Å². The van der Waals surface area contributed by atoms with Gasteiger partial charge in [-0.15, -0.1) is 11.3 Å². The summed E-state index contributed by atoms with van der Waals surface area (Å²) in [5, 5.41) is 6.17. The lowest BCUT2D eigenvalue weighted by molar-refractivity contribution is 1.18. The first-order chi connectivity index (χ1) is 7.66. The van der Waals surface area contributed by atoms with Gasteiger partial charge in [0.1, 0.15) is 0 Å². The number of halogens is 2. The van der Waals surface area contributed by atoms with E-state index in [4.69, 9.17) is 11.6 Å². The lowest BCUT2D eigenvalue weighted by Gasteiger charge is -2.08. The van der Waals surface area contributed by atoms with E-state index in [2.05, 4.69) is 38.8 Å². The van der Waals surface area contributed by atoms with Crippen LogP contribution in [-0.2, 0) is 6.54 Å². The van der Waals surface area contributed by atoms with Crippen LogP contribution < -0.4 is 5.32 Å². The normalized spacial score (nSPS) is 10.4. The number of nitrogens with one attached hydrogen (secondary N) is 1. The van der Waals surface area contributed by atoms with Gasteiger partial charge in [0.25, 0.3) is 0 Å². The van der Waals surface area contributed by atoms with Gasteiger partial charge in [0.2, 0.25) is 0 Å². The Morgan fingerprint density at radius 1 is 1.38 bits per heavy atom. The van der Waals surface area contributed by atoms with E-state index >= 15 is 0 Å². The van der Waals surface area contributed by atoms with Crippen LogP contribution in [0.15, 0.2) is 34.1 Å². The third-order valence-electron chi connectivity index (χ3n) is 2.26. The standard InChI is InChI=1S/C12H11BrClNS/c1-8-2-3-11(10(14)6-8)15-7-12-9(13)4-5-16-12/h2-6,15H,7H2,1H3. The molecule has 0 atom stereocenters. The van der Waals surface area contributed by atoms with Crippen molar-refractivity contribution in [2.75, 3.05) is 5.32 Å². The number of aryl methyl sites for hydroxylation is 1. The van der Waals surface area contributed by atoms with Crippen molar-refractivity contribution in [3.63, 3.8) is 0 Å². The summed E-state index contributed by atoms with van der Waals surface area (Å²) < 4.78 is 1.15. The van der Waals surface area contributed by atoms with Gasteiger partial charge in [0, 0.05) is 9.35 Å². The van der Waals surface area contributed by atoms with Gasteiger partial charge in [0.15, 0.2) is 0 Å². The highest BCUT2D eigenvalue weighted by molar-refractivity contribution is 9.10. The Kier molecular flexibility index (Phi) is 3.90. The minimum absolute atomic E-state index is 0.771. The van der Waals surface area contributed by atoms with Gasteiger partial charge in [0.05, 0.1) is 17.3 Å². The van der Waals surface area contributed by atoms with Crippen LogP contribution in [0.3, 0.4) is 0 Å². The zero-order valence-electron chi connectivity index (χ0n) is 8.76. The molecule has 1 aromatic heterocycles. The lowest BCUT2D eigenvalue weighted by atomic mass is 10.2. The monoisotopic (exact) mass is 315 g/mol. The van der Waals surface area contributed by atoms with Crippen molar-refractivity contribution in [2.45, 2.75) is 13.5 Å². The van der Waals surface area contributed by atoms with Crippen LogP contribution >= 0.6 is 38.9 Å². The molecule has 4 heteroatoms. The van der Waals surface area contributed by atoms with Crippen LogP contribution in [0.2, 0.25) is 5.02 Å². The first-order valence-corrected chi connectivity index (χ1v) is 6.94. The zero-order chi connectivity index (χ0) is 11.5. The Morgan fingerprint density at radius 3 is 2.81 bits per heavy atom. The molecule has 0 unspecified atom stereocenters. The molecule has 0 spiro atoms. The fraction of sp³-hybridized carbons (Fsp3) is 0.167. The molecule has 1 nitrogen and oxygen atoms in total. The van der Waals surface area contributed by atoms with Crippen molar-refractivity contribution < 1.29 is 0 Å². The topological polar surface area (TPSA) is 12.0 Å². The largest absolute Gasteiger partial charge is 0.379 e. The summed E-state index contributed by atoms with van der Waals surface area (Å²) >= 11 is 11.4.